The molecule has 2 aliphatic rings. The number of fused-ring (bicyclic) bond motifs is 11. The summed E-state index contributed by atoms with van der Waals surface area (Å²) in [5.74, 6) is 1.64. The van der Waals surface area contributed by atoms with Crippen molar-refractivity contribution in [1.29, 1.82) is 0 Å². The molecule has 0 bridgehead atoms. The monoisotopic (exact) mass is 1140 g/mol. The van der Waals surface area contributed by atoms with E-state index in [2.05, 4.69) is 322 Å². The predicted molar refractivity (Wildman–Crippen MR) is 372 cm³/mol. The zero-order chi connectivity index (χ0) is 59.8. The van der Waals surface area contributed by atoms with Crippen molar-refractivity contribution in [3.05, 3.63) is 367 Å². The molecule has 4 heteroatoms. The van der Waals surface area contributed by atoms with Gasteiger partial charge in [-0.15, -0.1) is 0 Å². The van der Waals surface area contributed by atoms with Gasteiger partial charge in [-0.3, -0.25) is 4.57 Å². The number of rotatable bonds is 15. The number of allylic oxidation sites excluding steroid dienone is 10. The predicted octanol–water partition coefficient (Wildman–Crippen LogP) is 21.4. The van der Waals surface area contributed by atoms with Crippen molar-refractivity contribution in [3.8, 4) is 73.2 Å². The Hall–Kier alpha value is -11.3. The molecule has 422 valence electrons. The molecule has 89 heavy (non-hydrogen) atoms. The van der Waals surface area contributed by atoms with Crippen molar-refractivity contribution in [2.75, 3.05) is 0 Å². The van der Waals surface area contributed by atoms with E-state index in [9.17, 15) is 0 Å². The average Bonchev–Trinajstić information content (AvgIpc) is 1.53. The lowest BCUT2D eigenvalue weighted by molar-refractivity contribution is 0.733. The van der Waals surface area contributed by atoms with Gasteiger partial charge in [0.25, 0.3) is 0 Å². The van der Waals surface area contributed by atoms with Gasteiger partial charge in [0.2, 0.25) is 5.95 Å². The lowest BCUT2D eigenvalue weighted by atomic mass is 9.69. The zero-order valence-electron chi connectivity index (χ0n) is 49.6. The van der Waals surface area contributed by atoms with Crippen LogP contribution >= 0.6 is 0 Å². The van der Waals surface area contributed by atoms with Crippen LogP contribution in [0, 0.1) is 0 Å². The van der Waals surface area contributed by atoms with Gasteiger partial charge in [0.1, 0.15) is 0 Å². The smallest absolute Gasteiger partial charge is 0.238 e. The van der Waals surface area contributed by atoms with Crippen LogP contribution in [0.1, 0.15) is 52.3 Å². The first-order chi connectivity index (χ1) is 44.0. The van der Waals surface area contributed by atoms with Gasteiger partial charge in [0.15, 0.2) is 11.6 Å². The summed E-state index contributed by atoms with van der Waals surface area (Å²) in [6.45, 7) is 10.8. The largest absolute Gasteiger partial charge is 0.277 e. The fourth-order valence-electron chi connectivity index (χ4n) is 14.0. The number of hydrogen-bond donors (Lipinski definition) is 0. The molecular formula is C85H62N4. The second-order valence-corrected chi connectivity index (χ2v) is 22.9. The number of benzene rings is 11. The highest BCUT2D eigenvalue weighted by Crippen LogP contribution is 2.64. The highest BCUT2D eigenvalue weighted by atomic mass is 15.2. The molecule has 11 aromatic carbocycles. The Morgan fingerprint density at radius 2 is 0.989 bits per heavy atom. The molecule has 0 saturated heterocycles. The first kappa shape index (κ1) is 54.3. The van der Waals surface area contributed by atoms with Gasteiger partial charge in [-0.2, -0.15) is 9.97 Å². The molecule has 1 spiro atoms. The fraction of sp³-hybridized carbons (Fsp3) is 0.0471. The van der Waals surface area contributed by atoms with Crippen LogP contribution in [0.15, 0.2) is 328 Å². The van der Waals surface area contributed by atoms with Gasteiger partial charge in [-0.1, -0.05) is 287 Å². The van der Waals surface area contributed by atoms with Gasteiger partial charge < -0.3 is 0 Å². The minimum atomic E-state index is -0.546. The minimum absolute atomic E-state index is 0.527. The van der Waals surface area contributed by atoms with Crippen molar-refractivity contribution >= 4 is 38.5 Å². The Morgan fingerprint density at radius 1 is 0.449 bits per heavy atom. The second-order valence-electron chi connectivity index (χ2n) is 22.9. The van der Waals surface area contributed by atoms with Gasteiger partial charge >= 0.3 is 0 Å². The van der Waals surface area contributed by atoms with Crippen LogP contribution in [0.3, 0.4) is 0 Å². The molecule has 1 atom stereocenters. The van der Waals surface area contributed by atoms with Gasteiger partial charge in [0, 0.05) is 27.5 Å². The summed E-state index contributed by atoms with van der Waals surface area (Å²) in [7, 11) is 0. The maximum Gasteiger partial charge on any atom is 0.238 e. The van der Waals surface area contributed by atoms with E-state index in [1.54, 1.807) is 0 Å². The van der Waals surface area contributed by atoms with Crippen molar-refractivity contribution in [1.82, 2.24) is 19.5 Å². The summed E-state index contributed by atoms with van der Waals surface area (Å²) in [5, 5.41) is 2.24. The Kier molecular flexibility index (Phi) is 14.1. The summed E-state index contributed by atoms with van der Waals surface area (Å²) in [5.41, 5.74) is 25.5. The summed E-state index contributed by atoms with van der Waals surface area (Å²) in [6, 6.07) is 98.1. The number of aromatic nitrogens is 4. The molecule has 4 nitrogen and oxygen atoms in total. The van der Waals surface area contributed by atoms with Crippen molar-refractivity contribution in [2.45, 2.75) is 25.2 Å². The van der Waals surface area contributed by atoms with Crippen LogP contribution in [0.25, 0.3) is 112 Å². The van der Waals surface area contributed by atoms with E-state index in [-0.39, 0.29) is 0 Å². The molecule has 1 unspecified atom stereocenters. The lowest BCUT2D eigenvalue weighted by Gasteiger charge is -2.32. The van der Waals surface area contributed by atoms with Crippen molar-refractivity contribution < 1.29 is 0 Å². The molecule has 0 radical (unpaired) electrons. The Morgan fingerprint density at radius 3 is 1.66 bits per heavy atom. The summed E-state index contributed by atoms with van der Waals surface area (Å²) in [6.07, 6.45) is 14.4. The summed E-state index contributed by atoms with van der Waals surface area (Å²) in [4.78, 5) is 16.9. The lowest BCUT2D eigenvalue weighted by Crippen LogP contribution is -2.27. The molecule has 0 fully saturated rings. The van der Waals surface area contributed by atoms with Crippen LogP contribution in [-0.2, 0) is 11.8 Å². The summed E-state index contributed by atoms with van der Waals surface area (Å²) >= 11 is 0. The van der Waals surface area contributed by atoms with E-state index in [1.807, 2.05) is 12.2 Å². The maximum absolute atomic E-state index is 5.69. The zero-order valence-corrected chi connectivity index (χ0v) is 49.6. The van der Waals surface area contributed by atoms with Crippen LogP contribution < -0.4 is 0 Å². The highest BCUT2D eigenvalue weighted by Gasteiger charge is 2.52. The quantitative estimate of drug-likeness (QED) is 0.0961. The number of hydrogen-bond acceptors (Lipinski definition) is 3. The van der Waals surface area contributed by atoms with E-state index in [1.165, 1.54) is 50.1 Å². The molecule has 0 saturated carbocycles. The molecular weight excluding hydrogens is 1080 g/mol. The minimum Gasteiger partial charge on any atom is -0.277 e. The Bertz CT molecular complexity index is 4980. The van der Waals surface area contributed by atoms with Gasteiger partial charge in [-0.05, 0) is 155 Å². The molecule has 13 aromatic rings. The van der Waals surface area contributed by atoms with Crippen LogP contribution in [0.4, 0.5) is 0 Å². The highest BCUT2D eigenvalue weighted by molar-refractivity contribution is 6.16. The SMILES string of the molecule is C=C/C=C\C1=C(CC)C2(c3ccccc31)c1ccccc1-c1c2ccc2c3ccccc3n(-c3nc(-c4cccc(/C(C=C)=C/C(=C\Cc5ccccc5)c5ccccc5)c4)nc(-c4cccc(-c5cc(-c6ccccc6)cc(-c6ccccc6)c5)c4)n3)c12. The third-order valence-corrected chi connectivity index (χ3v) is 17.9. The number of nitrogens with zero attached hydrogens (tertiary/aromatic N) is 4. The van der Waals surface area contributed by atoms with Crippen molar-refractivity contribution in [3.63, 3.8) is 0 Å². The van der Waals surface area contributed by atoms with Crippen LogP contribution in [-0.4, -0.2) is 19.5 Å². The standard InChI is InChI=1S/C85H62N4/c1-4-7-40-70-71-41-20-23-44-76(71)85(75(70)6-3)77-45-24-21-43-74(77)80-78(85)50-49-73-72-42-22-25-46-79(72)89(81(73)80)84-87-82(65-38-26-36-62(52-65)58(5-2)51-64(59-30-14-9-15-31-59)48-47-57-28-12-8-13-29-57)86-83(88-84)66-39-27-37-63(53-66)69-55-67(60-32-16-10-17-33-60)54-68(56-69)61-34-18-11-19-35-61/h4-5,7-46,48-56H,1-2,6,47H2,3H3/b40-7-,58-51+,64-48+. The molecule has 2 aromatic heterocycles. The third-order valence-electron chi connectivity index (χ3n) is 17.9. The first-order valence-electron chi connectivity index (χ1n) is 30.7. The normalized spacial score (nSPS) is 14.4. The molecule has 0 aliphatic heterocycles. The molecule has 0 amide bonds. The van der Waals surface area contributed by atoms with E-state index in [0.29, 0.717) is 17.6 Å². The molecule has 2 aliphatic carbocycles. The molecule has 15 rings (SSSR count). The van der Waals surface area contributed by atoms with E-state index >= 15 is 0 Å². The summed E-state index contributed by atoms with van der Waals surface area (Å²) < 4.78 is 2.32. The second kappa shape index (κ2) is 23.2. The van der Waals surface area contributed by atoms with Gasteiger partial charge in [0.05, 0.1) is 16.4 Å². The third kappa shape index (κ3) is 9.54. The first-order valence-corrected chi connectivity index (χ1v) is 30.7. The molecule has 2 heterocycles. The van der Waals surface area contributed by atoms with E-state index in [4.69, 9.17) is 15.0 Å². The Labute approximate surface area is 520 Å². The van der Waals surface area contributed by atoms with Gasteiger partial charge in [-0.25, -0.2) is 4.98 Å². The maximum atomic E-state index is 5.69. The topological polar surface area (TPSA) is 43.6 Å². The Balaban J connectivity index is 0.966. The van der Waals surface area contributed by atoms with E-state index in [0.717, 1.165) is 101 Å². The van der Waals surface area contributed by atoms with E-state index < -0.39 is 5.41 Å². The molecule has 0 N–H and O–H groups in total. The fourth-order valence-corrected chi connectivity index (χ4v) is 14.0. The average molecular weight is 1140 g/mol. The van der Waals surface area contributed by atoms with Crippen LogP contribution in [0.2, 0.25) is 0 Å². The van der Waals surface area contributed by atoms with Crippen molar-refractivity contribution in [2.24, 2.45) is 0 Å². The number of para-hydroxylation sites is 1. The van der Waals surface area contributed by atoms with Crippen LogP contribution in [0.5, 0.6) is 0 Å².